The van der Waals surface area contributed by atoms with Gasteiger partial charge >= 0.3 is 0 Å². The lowest BCUT2D eigenvalue weighted by Crippen LogP contribution is -2.35. The normalized spacial score (nSPS) is 25.0. The zero-order valence-electron chi connectivity index (χ0n) is 11.7. The summed E-state index contributed by atoms with van der Waals surface area (Å²) in [7, 11) is 1.87. The predicted molar refractivity (Wildman–Crippen MR) is 76.1 cm³/mol. The van der Waals surface area contributed by atoms with Crippen LogP contribution < -0.4 is 5.32 Å². The molecule has 1 aromatic rings. The van der Waals surface area contributed by atoms with Gasteiger partial charge in [-0.3, -0.25) is 14.8 Å². The molecule has 104 valence electrons. The lowest BCUT2D eigenvalue weighted by atomic mass is 10.2. The monoisotopic (exact) mass is 261 g/mol. The third kappa shape index (κ3) is 3.04. The van der Waals surface area contributed by atoms with E-state index in [0.717, 1.165) is 24.1 Å². The van der Waals surface area contributed by atoms with Crippen molar-refractivity contribution in [1.82, 2.24) is 19.8 Å². The molecule has 2 fully saturated rings. The molecule has 1 aromatic heterocycles. The number of rotatable bonds is 4. The number of nitrogens with one attached hydrogen (secondary N) is 1. The van der Waals surface area contributed by atoms with Gasteiger partial charge in [-0.15, -0.1) is 0 Å². The van der Waals surface area contributed by atoms with Crippen LogP contribution in [0.5, 0.6) is 0 Å². The van der Waals surface area contributed by atoms with Crippen molar-refractivity contribution in [3.63, 3.8) is 0 Å². The molecule has 0 radical (unpaired) electrons. The van der Waals surface area contributed by atoms with Crippen LogP contribution in [-0.4, -0.2) is 59.0 Å². The molecule has 0 aliphatic carbocycles. The van der Waals surface area contributed by atoms with Crippen LogP contribution in [0.1, 0.15) is 25.0 Å². The van der Waals surface area contributed by atoms with Gasteiger partial charge in [0, 0.05) is 32.7 Å². The maximum absolute atomic E-state index is 4.46. The summed E-state index contributed by atoms with van der Waals surface area (Å²) in [6.45, 7) is 5.91. The molecule has 0 bridgehead atoms. The molecule has 5 heteroatoms. The van der Waals surface area contributed by atoms with Gasteiger partial charge in [0.1, 0.15) is 5.82 Å². The van der Waals surface area contributed by atoms with Crippen LogP contribution in [0.4, 0.5) is 5.82 Å². The summed E-state index contributed by atoms with van der Waals surface area (Å²) in [4.78, 5) is 13.9. The third-order valence-electron chi connectivity index (χ3n) is 4.25. The lowest BCUT2D eigenvalue weighted by Gasteiger charge is -2.23. The fourth-order valence-corrected chi connectivity index (χ4v) is 3.16. The van der Waals surface area contributed by atoms with E-state index in [0.29, 0.717) is 0 Å². The van der Waals surface area contributed by atoms with Gasteiger partial charge in [0.2, 0.25) is 0 Å². The Morgan fingerprint density at radius 1 is 1.21 bits per heavy atom. The van der Waals surface area contributed by atoms with E-state index in [1.54, 1.807) is 0 Å². The zero-order chi connectivity index (χ0) is 13.1. The van der Waals surface area contributed by atoms with E-state index in [1.807, 2.05) is 19.4 Å². The molecular weight excluding hydrogens is 238 g/mol. The van der Waals surface area contributed by atoms with E-state index in [2.05, 4.69) is 25.1 Å². The zero-order valence-corrected chi connectivity index (χ0v) is 11.7. The van der Waals surface area contributed by atoms with Gasteiger partial charge in [-0.1, -0.05) is 0 Å². The molecule has 0 spiro atoms. The maximum atomic E-state index is 4.46. The van der Waals surface area contributed by atoms with Crippen molar-refractivity contribution in [2.45, 2.75) is 31.8 Å². The van der Waals surface area contributed by atoms with Crippen molar-refractivity contribution in [1.29, 1.82) is 0 Å². The fourth-order valence-electron chi connectivity index (χ4n) is 3.16. The minimum Gasteiger partial charge on any atom is -0.372 e. The lowest BCUT2D eigenvalue weighted by molar-refractivity contribution is 0.229. The minimum atomic E-state index is 0.770. The van der Waals surface area contributed by atoms with E-state index in [-0.39, 0.29) is 0 Å². The number of likely N-dealkylation sites (tertiary alicyclic amines) is 2. The van der Waals surface area contributed by atoms with Crippen LogP contribution in [0.3, 0.4) is 0 Å². The Labute approximate surface area is 115 Å². The Morgan fingerprint density at radius 2 is 2.05 bits per heavy atom. The topological polar surface area (TPSA) is 44.3 Å². The van der Waals surface area contributed by atoms with Crippen LogP contribution in [-0.2, 0) is 6.54 Å². The first kappa shape index (κ1) is 12.8. The summed E-state index contributed by atoms with van der Waals surface area (Å²) >= 11 is 0. The highest BCUT2D eigenvalue weighted by Gasteiger charge is 2.29. The first-order valence-corrected chi connectivity index (χ1v) is 7.30. The molecule has 2 aliphatic heterocycles. The molecule has 19 heavy (non-hydrogen) atoms. The molecule has 0 aromatic carbocycles. The summed E-state index contributed by atoms with van der Waals surface area (Å²) < 4.78 is 0. The molecule has 0 amide bonds. The standard InChI is InChI=1S/C14H23N5/c1-15-14-9-16-12(8-17-14)10-18-7-4-13(11-18)19-5-2-3-6-19/h8-9,13H,2-7,10-11H2,1H3,(H,15,17). The molecule has 1 unspecified atom stereocenters. The second-order valence-corrected chi connectivity index (χ2v) is 5.56. The minimum absolute atomic E-state index is 0.770. The molecule has 3 heterocycles. The highest BCUT2D eigenvalue weighted by Crippen LogP contribution is 2.21. The smallest absolute Gasteiger partial charge is 0.144 e. The quantitative estimate of drug-likeness (QED) is 0.882. The Bertz CT molecular complexity index is 399. The van der Waals surface area contributed by atoms with Crippen molar-refractivity contribution in [3.05, 3.63) is 18.1 Å². The summed E-state index contributed by atoms with van der Waals surface area (Å²) in [6.07, 6.45) is 7.77. The number of nitrogens with zero attached hydrogens (tertiary/aromatic N) is 4. The molecule has 2 aliphatic rings. The Balaban J connectivity index is 1.53. The molecule has 1 N–H and O–H groups in total. The largest absolute Gasteiger partial charge is 0.372 e. The van der Waals surface area contributed by atoms with Crippen molar-refractivity contribution >= 4 is 5.82 Å². The van der Waals surface area contributed by atoms with E-state index in [9.17, 15) is 0 Å². The van der Waals surface area contributed by atoms with Crippen molar-refractivity contribution < 1.29 is 0 Å². The van der Waals surface area contributed by atoms with Crippen LogP contribution in [0, 0.1) is 0 Å². The summed E-state index contributed by atoms with van der Waals surface area (Å²) in [5.41, 5.74) is 1.07. The van der Waals surface area contributed by atoms with E-state index < -0.39 is 0 Å². The average Bonchev–Trinajstić information content (AvgIpc) is 3.10. The molecule has 1 atom stereocenters. The molecule has 5 nitrogen and oxygen atoms in total. The second kappa shape index (κ2) is 5.84. The highest BCUT2D eigenvalue weighted by atomic mass is 15.3. The van der Waals surface area contributed by atoms with Gasteiger partial charge < -0.3 is 5.32 Å². The Kier molecular flexibility index (Phi) is 3.94. The molecule has 0 saturated carbocycles. The first-order valence-electron chi connectivity index (χ1n) is 7.30. The van der Waals surface area contributed by atoms with Gasteiger partial charge in [0.05, 0.1) is 18.1 Å². The number of anilines is 1. The number of aromatic nitrogens is 2. The number of hydrogen-bond acceptors (Lipinski definition) is 5. The van der Waals surface area contributed by atoms with E-state index >= 15 is 0 Å². The third-order valence-corrected chi connectivity index (χ3v) is 4.25. The highest BCUT2D eigenvalue weighted by molar-refractivity contribution is 5.29. The SMILES string of the molecule is CNc1cnc(CN2CCC(N3CCCC3)C2)cn1. The van der Waals surface area contributed by atoms with Crippen LogP contribution in [0.25, 0.3) is 0 Å². The molecule has 2 saturated heterocycles. The molecule has 3 rings (SSSR count). The number of hydrogen-bond donors (Lipinski definition) is 1. The first-order chi connectivity index (χ1) is 9.35. The second-order valence-electron chi connectivity index (χ2n) is 5.56. The predicted octanol–water partition coefficient (Wildman–Crippen LogP) is 1.19. The average molecular weight is 261 g/mol. The van der Waals surface area contributed by atoms with Gasteiger partial charge in [0.15, 0.2) is 0 Å². The molecular formula is C14H23N5. The van der Waals surface area contributed by atoms with E-state index in [1.165, 1.54) is 45.4 Å². The maximum Gasteiger partial charge on any atom is 0.144 e. The summed E-state index contributed by atoms with van der Waals surface area (Å²) in [5.74, 6) is 0.833. The summed E-state index contributed by atoms with van der Waals surface area (Å²) in [5, 5.41) is 3.00. The van der Waals surface area contributed by atoms with Crippen LogP contribution >= 0.6 is 0 Å². The van der Waals surface area contributed by atoms with Gasteiger partial charge in [-0.2, -0.15) is 0 Å². The van der Waals surface area contributed by atoms with Crippen LogP contribution in [0.15, 0.2) is 12.4 Å². The van der Waals surface area contributed by atoms with Crippen molar-refractivity contribution in [3.8, 4) is 0 Å². The van der Waals surface area contributed by atoms with Crippen molar-refractivity contribution in [2.75, 3.05) is 38.5 Å². The van der Waals surface area contributed by atoms with Gasteiger partial charge in [-0.05, 0) is 32.4 Å². The van der Waals surface area contributed by atoms with Gasteiger partial charge in [-0.25, -0.2) is 4.98 Å². The van der Waals surface area contributed by atoms with Gasteiger partial charge in [0.25, 0.3) is 0 Å². The Hall–Kier alpha value is -1.20. The summed E-state index contributed by atoms with van der Waals surface area (Å²) in [6, 6.07) is 0.770. The fraction of sp³-hybridized carbons (Fsp3) is 0.714. The van der Waals surface area contributed by atoms with Crippen LogP contribution in [0.2, 0.25) is 0 Å². The van der Waals surface area contributed by atoms with Crippen molar-refractivity contribution in [2.24, 2.45) is 0 Å². The van der Waals surface area contributed by atoms with E-state index in [4.69, 9.17) is 0 Å². The Morgan fingerprint density at radius 3 is 2.74 bits per heavy atom.